The van der Waals surface area contributed by atoms with E-state index in [9.17, 15) is 9.59 Å². The summed E-state index contributed by atoms with van der Waals surface area (Å²) in [5, 5.41) is 7.42. The molecule has 1 N–H and O–H groups in total. The Hall–Kier alpha value is -1.39. The summed E-state index contributed by atoms with van der Waals surface area (Å²) in [6.07, 6.45) is 0.511. The maximum atomic E-state index is 10.3. The zero-order valence-electron chi connectivity index (χ0n) is 7.99. The first-order valence-corrected chi connectivity index (χ1v) is 3.87. The Morgan fingerprint density at radius 1 is 1.08 bits per heavy atom. The van der Waals surface area contributed by atoms with Crippen LogP contribution < -0.4 is 0 Å². The van der Waals surface area contributed by atoms with Crippen molar-refractivity contribution in [2.75, 3.05) is 0 Å². The SMILES string of the molecule is CC(=O)O.CCC(=O)OC(=O)CC. The van der Waals surface area contributed by atoms with Crippen LogP contribution in [0.3, 0.4) is 0 Å². The van der Waals surface area contributed by atoms with Crippen molar-refractivity contribution in [3.63, 3.8) is 0 Å². The highest BCUT2D eigenvalue weighted by molar-refractivity contribution is 5.84. The van der Waals surface area contributed by atoms with E-state index in [0.717, 1.165) is 6.92 Å². The van der Waals surface area contributed by atoms with Gasteiger partial charge in [0.05, 0.1) is 0 Å². The Morgan fingerprint density at radius 2 is 1.31 bits per heavy atom. The van der Waals surface area contributed by atoms with Gasteiger partial charge in [0, 0.05) is 19.8 Å². The Morgan fingerprint density at radius 3 is 1.46 bits per heavy atom. The molecule has 13 heavy (non-hydrogen) atoms. The monoisotopic (exact) mass is 190 g/mol. The lowest BCUT2D eigenvalue weighted by Gasteiger charge is -1.95. The third kappa shape index (κ3) is 18.0. The second kappa shape index (κ2) is 8.70. The van der Waals surface area contributed by atoms with Gasteiger partial charge in [-0.1, -0.05) is 13.8 Å². The molecule has 0 aliphatic heterocycles. The molecule has 0 saturated heterocycles. The molecule has 0 rings (SSSR count). The maximum absolute atomic E-state index is 10.3. The van der Waals surface area contributed by atoms with Crippen LogP contribution in [0.15, 0.2) is 0 Å². The van der Waals surface area contributed by atoms with Crippen LogP contribution in [0.2, 0.25) is 0 Å². The number of carbonyl (C=O) groups excluding carboxylic acids is 2. The highest BCUT2D eigenvalue weighted by atomic mass is 16.6. The summed E-state index contributed by atoms with van der Waals surface area (Å²) in [5.74, 6) is -1.75. The molecule has 0 amide bonds. The summed E-state index contributed by atoms with van der Waals surface area (Å²) in [6.45, 7) is 4.37. The van der Waals surface area contributed by atoms with Gasteiger partial charge < -0.3 is 9.84 Å². The fourth-order valence-corrected chi connectivity index (χ4v) is 0.271. The first-order chi connectivity index (χ1) is 5.93. The molecule has 5 heteroatoms. The van der Waals surface area contributed by atoms with Crippen LogP contribution in [0.5, 0.6) is 0 Å². The van der Waals surface area contributed by atoms with Gasteiger partial charge in [0.15, 0.2) is 0 Å². The first kappa shape index (κ1) is 14.2. The van der Waals surface area contributed by atoms with E-state index < -0.39 is 17.9 Å². The van der Waals surface area contributed by atoms with Gasteiger partial charge in [-0.2, -0.15) is 0 Å². The summed E-state index contributed by atoms with van der Waals surface area (Å²) < 4.78 is 4.27. The molecule has 0 spiro atoms. The highest BCUT2D eigenvalue weighted by Gasteiger charge is 2.03. The molecule has 0 aromatic carbocycles. The molecule has 76 valence electrons. The molecule has 0 fully saturated rings. The zero-order chi connectivity index (χ0) is 10.9. The molecule has 0 atom stereocenters. The number of hydrogen-bond donors (Lipinski definition) is 1. The zero-order valence-corrected chi connectivity index (χ0v) is 7.99. The van der Waals surface area contributed by atoms with Crippen molar-refractivity contribution >= 4 is 17.9 Å². The van der Waals surface area contributed by atoms with E-state index in [2.05, 4.69) is 4.74 Å². The Labute approximate surface area is 76.7 Å². The molecule has 0 unspecified atom stereocenters. The van der Waals surface area contributed by atoms with E-state index >= 15 is 0 Å². The topological polar surface area (TPSA) is 80.7 Å². The number of carboxylic acid groups (broad SMARTS) is 1. The predicted molar refractivity (Wildman–Crippen MR) is 45.0 cm³/mol. The molecular formula is C8H14O5. The van der Waals surface area contributed by atoms with E-state index in [1.165, 1.54) is 0 Å². The number of ether oxygens (including phenoxy) is 1. The van der Waals surface area contributed by atoms with Crippen molar-refractivity contribution in [2.24, 2.45) is 0 Å². The standard InChI is InChI=1S/C6H10O3.C2H4O2/c1-3-5(7)9-6(8)4-2;1-2(3)4/h3-4H2,1-2H3;1H3,(H,3,4). The van der Waals surface area contributed by atoms with Crippen molar-refractivity contribution < 1.29 is 24.2 Å². The number of hydrogen-bond acceptors (Lipinski definition) is 4. The number of carbonyl (C=O) groups is 3. The third-order valence-electron chi connectivity index (χ3n) is 0.805. The molecule has 0 aromatic heterocycles. The molecule has 0 heterocycles. The summed E-state index contributed by atoms with van der Waals surface area (Å²) in [5.41, 5.74) is 0. The lowest BCUT2D eigenvalue weighted by molar-refractivity contribution is -0.159. The quantitative estimate of drug-likeness (QED) is 0.518. The van der Waals surface area contributed by atoms with E-state index in [-0.39, 0.29) is 12.8 Å². The van der Waals surface area contributed by atoms with Crippen LogP contribution in [0.4, 0.5) is 0 Å². The largest absolute Gasteiger partial charge is 0.481 e. The molecule has 0 aromatic rings. The van der Waals surface area contributed by atoms with Gasteiger partial charge in [0.2, 0.25) is 0 Å². The van der Waals surface area contributed by atoms with Gasteiger partial charge in [0.1, 0.15) is 0 Å². The second-order valence-corrected chi connectivity index (χ2v) is 2.07. The Bertz CT molecular complexity index is 167. The first-order valence-electron chi connectivity index (χ1n) is 3.87. The summed E-state index contributed by atoms with van der Waals surface area (Å²) in [4.78, 5) is 29.7. The number of carboxylic acids is 1. The average molecular weight is 190 g/mol. The van der Waals surface area contributed by atoms with Crippen LogP contribution in [-0.4, -0.2) is 23.0 Å². The minimum Gasteiger partial charge on any atom is -0.481 e. The number of rotatable bonds is 2. The van der Waals surface area contributed by atoms with Crippen molar-refractivity contribution in [3.8, 4) is 0 Å². The molecule has 0 aliphatic rings. The summed E-state index contributed by atoms with van der Waals surface area (Å²) >= 11 is 0. The third-order valence-corrected chi connectivity index (χ3v) is 0.805. The van der Waals surface area contributed by atoms with Gasteiger partial charge in [-0.15, -0.1) is 0 Å². The smallest absolute Gasteiger partial charge is 0.313 e. The predicted octanol–water partition coefficient (Wildman–Crippen LogP) is 0.967. The van der Waals surface area contributed by atoms with E-state index in [4.69, 9.17) is 9.90 Å². The van der Waals surface area contributed by atoms with Crippen molar-refractivity contribution in [1.82, 2.24) is 0 Å². The van der Waals surface area contributed by atoms with E-state index in [1.54, 1.807) is 13.8 Å². The van der Waals surface area contributed by atoms with Crippen LogP contribution in [0.25, 0.3) is 0 Å². The van der Waals surface area contributed by atoms with Gasteiger partial charge in [-0.3, -0.25) is 14.4 Å². The van der Waals surface area contributed by atoms with Crippen LogP contribution in [0.1, 0.15) is 33.6 Å². The second-order valence-electron chi connectivity index (χ2n) is 2.07. The molecule has 0 radical (unpaired) electrons. The van der Waals surface area contributed by atoms with Gasteiger partial charge in [0.25, 0.3) is 5.97 Å². The number of esters is 2. The fourth-order valence-electron chi connectivity index (χ4n) is 0.271. The van der Waals surface area contributed by atoms with Crippen molar-refractivity contribution in [3.05, 3.63) is 0 Å². The van der Waals surface area contributed by atoms with Crippen molar-refractivity contribution in [1.29, 1.82) is 0 Å². The lowest BCUT2D eigenvalue weighted by atomic mass is 10.5. The van der Waals surface area contributed by atoms with Gasteiger partial charge in [-0.05, 0) is 0 Å². The lowest BCUT2D eigenvalue weighted by Crippen LogP contribution is -2.09. The highest BCUT2D eigenvalue weighted by Crippen LogP contribution is 1.88. The number of aliphatic carboxylic acids is 1. The van der Waals surface area contributed by atoms with E-state index in [1.807, 2.05) is 0 Å². The Kier molecular flexibility index (Phi) is 9.48. The molecule has 0 saturated carbocycles. The van der Waals surface area contributed by atoms with Crippen LogP contribution in [0, 0.1) is 0 Å². The van der Waals surface area contributed by atoms with Crippen LogP contribution >= 0.6 is 0 Å². The fraction of sp³-hybridized carbons (Fsp3) is 0.625. The normalized spacial score (nSPS) is 7.92. The minimum absolute atomic E-state index is 0.256. The van der Waals surface area contributed by atoms with E-state index in [0.29, 0.717) is 0 Å². The Balaban J connectivity index is 0. The summed E-state index contributed by atoms with van der Waals surface area (Å²) in [6, 6.07) is 0. The maximum Gasteiger partial charge on any atom is 0.313 e. The molecular weight excluding hydrogens is 176 g/mol. The van der Waals surface area contributed by atoms with Crippen molar-refractivity contribution in [2.45, 2.75) is 33.6 Å². The molecule has 0 aliphatic carbocycles. The summed E-state index contributed by atoms with van der Waals surface area (Å²) in [7, 11) is 0. The molecule has 5 nitrogen and oxygen atoms in total. The molecule has 0 bridgehead atoms. The van der Waals surface area contributed by atoms with Gasteiger partial charge >= 0.3 is 11.9 Å². The van der Waals surface area contributed by atoms with Crippen LogP contribution in [-0.2, 0) is 19.1 Å². The average Bonchev–Trinajstić information content (AvgIpc) is 2.03. The van der Waals surface area contributed by atoms with Gasteiger partial charge in [-0.25, -0.2) is 0 Å². The minimum atomic E-state index is -0.833.